The average molecular weight is 247 g/mol. The number of esters is 1. The molecule has 0 aromatic heterocycles. The number of methoxy groups -OCH3 is 1. The van der Waals surface area contributed by atoms with Crippen LogP contribution in [0.15, 0.2) is 24.3 Å². The van der Waals surface area contributed by atoms with Gasteiger partial charge in [0, 0.05) is 11.7 Å². The van der Waals surface area contributed by atoms with Crippen LogP contribution in [0.5, 0.6) is 0 Å². The second-order valence-corrected chi connectivity index (χ2v) is 5.61. The summed E-state index contributed by atoms with van der Waals surface area (Å²) in [4.78, 5) is 12.2. The molecule has 1 aromatic carbocycles. The van der Waals surface area contributed by atoms with Crippen molar-refractivity contribution in [1.29, 1.82) is 0 Å². The third kappa shape index (κ3) is 1.98. The van der Waals surface area contributed by atoms with Gasteiger partial charge in [-0.15, -0.1) is 0 Å². The molecule has 98 valence electrons. The van der Waals surface area contributed by atoms with Crippen molar-refractivity contribution in [3.05, 3.63) is 29.8 Å². The largest absolute Gasteiger partial charge is 0.469 e. The van der Waals surface area contributed by atoms with Crippen LogP contribution in [-0.4, -0.2) is 19.1 Å². The van der Waals surface area contributed by atoms with Crippen LogP contribution >= 0.6 is 0 Å². The Hall–Kier alpha value is -1.51. The predicted molar refractivity (Wildman–Crippen MR) is 72.5 cm³/mol. The van der Waals surface area contributed by atoms with E-state index in [0.29, 0.717) is 5.92 Å². The molecule has 0 unspecified atom stereocenters. The fraction of sp³-hybridized carbons (Fsp3) is 0.533. The third-order valence-corrected chi connectivity index (χ3v) is 3.89. The molecular formula is C15H21NO2. The molecule has 0 fully saturated rings. The Kier molecular flexibility index (Phi) is 3.33. The van der Waals surface area contributed by atoms with Gasteiger partial charge in [0.1, 0.15) is 0 Å². The Labute approximate surface area is 109 Å². The first-order valence-corrected chi connectivity index (χ1v) is 6.42. The molecule has 2 rings (SSSR count). The second-order valence-electron chi connectivity index (χ2n) is 5.61. The molecular weight excluding hydrogens is 226 g/mol. The molecule has 1 heterocycles. The maximum atomic E-state index is 12.2. The Balaban J connectivity index is 2.43. The summed E-state index contributed by atoms with van der Waals surface area (Å²) in [6, 6.07) is 8.26. The van der Waals surface area contributed by atoms with Crippen LogP contribution in [0.25, 0.3) is 0 Å². The zero-order valence-corrected chi connectivity index (χ0v) is 11.5. The minimum atomic E-state index is -0.503. The van der Waals surface area contributed by atoms with Crippen LogP contribution in [0, 0.1) is 11.3 Å². The number of hydrogen-bond acceptors (Lipinski definition) is 3. The third-order valence-electron chi connectivity index (χ3n) is 3.89. The monoisotopic (exact) mass is 247 g/mol. The van der Waals surface area contributed by atoms with Gasteiger partial charge in [0.05, 0.1) is 12.5 Å². The van der Waals surface area contributed by atoms with Gasteiger partial charge in [-0.1, -0.05) is 32.0 Å². The fourth-order valence-corrected chi connectivity index (χ4v) is 2.98. The van der Waals surface area contributed by atoms with Gasteiger partial charge < -0.3 is 10.1 Å². The summed E-state index contributed by atoms with van der Waals surface area (Å²) >= 11 is 0. The predicted octanol–water partition coefficient (Wildman–Crippen LogP) is 2.86. The quantitative estimate of drug-likeness (QED) is 0.817. The van der Waals surface area contributed by atoms with Crippen molar-refractivity contribution in [1.82, 2.24) is 0 Å². The number of benzene rings is 1. The minimum Gasteiger partial charge on any atom is -0.469 e. The van der Waals surface area contributed by atoms with Crippen molar-refractivity contribution in [2.75, 3.05) is 12.4 Å². The highest BCUT2D eigenvalue weighted by molar-refractivity contribution is 5.80. The molecule has 18 heavy (non-hydrogen) atoms. The van der Waals surface area contributed by atoms with E-state index in [0.717, 1.165) is 12.1 Å². The van der Waals surface area contributed by atoms with Gasteiger partial charge in [-0.05, 0) is 30.9 Å². The van der Waals surface area contributed by atoms with Crippen LogP contribution in [-0.2, 0) is 16.0 Å². The SMILES string of the molecule is COC(=O)[C@@]1(C)Cc2ccccc2N[C@@H]1C(C)C. The van der Waals surface area contributed by atoms with Gasteiger partial charge in [0.2, 0.25) is 0 Å². The van der Waals surface area contributed by atoms with Gasteiger partial charge in [-0.3, -0.25) is 4.79 Å². The summed E-state index contributed by atoms with van der Waals surface area (Å²) < 4.78 is 5.01. The molecule has 0 radical (unpaired) electrons. The number of carbonyl (C=O) groups excluding carboxylic acids is 1. The lowest BCUT2D eigenvalue weighted by Crippen LogP contribution is -2.52. The maximum Gasteiger partial charge on any atom is 0.313 e. The van der Waals surface area contributed by atoms with Crippen LogP contribution in [0.1, 0.15) is 26.3 Å². The zero-order valence-electron chi connectivity index (χ0n) is 11.5. The number of carbonyl (C=O) groups is 1. The zero-order chi connectivity index (χ0) is 13.3. The topological polar surface area (TPSA) is 38.3 Å². The molecule has 0 saturated carbocycles. The summed E-state index contributed by atoms with van der Waals surface area (Å²) in [7, 11) is 1.46. The van der Waals surface area contributed by atoms with E-state index in [9.17, 15) is 4.79 Å². The van der Waals surface area contributed by atoms with Gasteiger partial charge in [0.15, 0.2) is 0 Å². The fourth-order valence-electron chi connectivity index (χ4n) is 2.98. The molecule has 0 spiro atoms. The van der Waals surface area contributed by atoms with Crippen molar-refractivity contribution in [3.8, 4) is 0 Å². The highest BCUT2D eigenvalue weighted by Gasteiger charge is 2.46. The van der Waals surface area contributed by atoms with E-state index in [1.807, 2.05) is 19.1 Å². The Bertz CT molecular complexity index is 456. The van der Waals surface area contributed by atoms with E-state index in [-0.39, 0.29) is 12.0 Å². The van der Waals surface area contributed by atoms with E-state index in [4.69, 9.17) is 4.74 Å². The van der Waals surface area contributed by atoms with E-state index in [1.54, 1.807) is 0 Å². The highest BCUT2D eigenvalue weighted by atomic mass is 16.5. The summed E-state index contributed by atoms with van der Waals surface area (Å²) in [5.41, 5.74) is 1.82. The number of para-hydroxylation sites is 1. The summed E-state index contributed by atoms with van der Waals surface area (Å²) in [5, 5.41) is 3.50. The average Bonchev–Trinajstić information content (AvgIpc) is 2.36. The number of hydrogen-bond donors (Lipinski definition) is 1. The molecule has 0 aliphatic carbocycles. The first-order chi connectivity index (χ1) is 8.49. The van der Waals surface area contributed by atoms with E-state index in [1.165, 1.54) is 12.7 Å². The van der Waals surface area contributed by atoms with Crippen LogP contribution in [0.4, 0.5) is 5.69 Å². The first kappa shape index (κ1) is 12.9. The molecule has 1 aromatic rings. The Morgan fingerprint density at radius 3 is 2.72 bits per heavy atom. The molecule has 2 atom stereocenters. The normalized spacial score (nSPS) is 26.4. The molecule has 3 heteroatoms. The number of fused-ring (bicyclic) bond motifs is 1. The van der Waals surface area contributed by atoms with Crippen molar-refractivity contribution < 1.29 is 9.53 Å². The Morgan fingerprint density at radius 1 is 1.44 bits per heavy atom. The van der Waals surface area contributed by atoms with E-state index >= 15 is 0 Å². The number of ether oxygens (including phenoxy) is 1. The molecule has 1 aliphatic heterocycles. The lowest BCUT2D eigenvalue weighted by molar-refractivity contribution is -0.153. The highest BCUT2D eigenvalue weighted by Crippen LogP contribution is 2.40. The Morgan fingerprint density at radius 2 is 2.11 bits per heavy atom. The molecule has 0 bridgehead atoms. The van der Waals surface area contributed by atoms with Crippen LogP contribution < -0.4 is 5.32 Å². The van der Waals surface area contributed by atoms with E-state index < -0.39 is 5.41 Å². The molecule has 1 N–H and O–H groups in total. The standard InChI is InChI=1S/C15H21NO2/c1-10(2)13-15(3,14(17)18-4)9-11-7-5-6-8-12(11)16-13/h5-8,10,13,16H,9H2,1-4H3/t13-,15+/m1/s1. The number of nitrogens with one attached hydrogen (secondary N) is 1. The van der Waals surface area contributed by atoms with Gasteiger partial charge in [-0.2, -0.15) is 0 Å². The van der Waals surface area contributed by atoms with Crippen molar-refractivity contribution in [3.63, 3.8) is 0 Å². The van der Waals surface area contributed by atoms with Gasteiger partial charge in [0.25, 0.3) is 0 Å². The smallest absolute Gasteiger partial charge is 0.313 e. The minimum absolute atomic E-state index is 0.0971. The van der Waals surface area contributed by atoms with Crippen molar-refractivity contribution >= 4 is 11.7 Å². The molecule has 0 saturated heterocycles. The van der Waals surface area contributed by atoms with Crippen molar-refractivity contribution in [2.24, 2.45) is 11.3 Å². The lowest BCUT2D eigenvalue weighted by Gasteiger charge is -2.43. The summed E-state index contributed by atoms with van der Waals surface area (Å²) in [6.45, 7) is 6.26. The molecule has 1 aliphatic rings. The number of rotatable bonds is 2. The summed E-state index contributed by atoms with van der Waals surface area (Å²) in [5.74, 6) is 0.227. The molecule has 3 nitrogen and oxygen atoms in total. The number of anilines is 1. The summed E-state index contributed by atoms with van der Waals surface area (Å²) in [6.07, 6.45) is 0.728. The second kappa shape index (κ2) is 4.63. The lowest BCUT2D eigenvalue weighted by atomic mass is 9.70. The maximum absolute atomic E-state index is 12.2. The van der Waals surface area contributed by atoms with E-state index in [2.05, 4.69) is 31.3 Å². The van der Waals surface area contributed by atoms with Crippen LogP contribution in [0.3, 0.4) is 0 Å². The first-order valence-electron chi connectivity index (χ1n) is 6.42. The van der Waals surface area contributed by atoms with Crippen LogP contribution in [0.2, 0.25) is 0 Å². The van der Waals surface area contributed by atoms with Crippen molar-refractivity contribution in [2.45, 2.75) is 33.2 Å². The van der Waals surface area contributed by atoms with Gasteiger partial charge >= 0.3 is 5.97 Å². The molecule has 0 amide bonds. The van der Waals surface area contributed by atoms with Gasteiger partial charge in [-0.25, -0.2) is 0 Å².